The monoisotopic (exact) mass is 296 g/mol. The second-order valence-corrected chi connectivity index (χ2v) is 4.47. The van der Waals surface area contributed by atoms with E-state index in [1.807, 2.05) is 18.2 Å². The number of fused-ring (bicyclic) bond motifs is 1. The van der Waals surface area contributed by atoms with Crippen LogP contribution in [-0.4, -0.2) is 15.3 Å². The molecule has 0 spiro atoms. The summed E-state index contributed by atoms with van der Waals surface area (Å²) in [6.45, 7) is 0. The van der Waals surface area contributed by atoms with Crippen LogP contribution in [0, 0.1) is 0 Å². The number of alkyl halides is 1. The lowest BCUT2D eigenvalue weighted by molar-refractivity contribution is 1.22. The van der Waals surface area contributed by atoms with Gasteiger partial charge in [0, 0.05) is 10.7 Å². The van der Waals surface area contributed by atoms with E-state index >= 15 is 0 Å². The number of rotatable bonds is 3. The topological polar surface area (TPSA) is 25.8 Å². The zero-order chi connectivity index (χ0) is 11.4. The Kier molecular flexibility index (Phi) is 3.91. The van der Waals surface area contributed by atoms with Crippen LogP contribution in [-0.2, 0) is 0 Å². The normalized spacial score (nSPS) is 11.4. The van der Waals surface area contributed by atoms with E-state index in [0.717, 1.165) is 28.2 Å². The molecule has 1 aromatic heterocycles. The van der Waals surface area contributed by atoms with E-state index in [4.69, 9.17) is 11.6 Å². The number of hydrogen-bond donors (Lipinski definition) is 0. The van der Waals surface area contributed by atoms with Gasteiger partial charge in [0.05, 0.1) is 5.52 Å². The van der Waals surface area contributed by atoms with Gasteiger partial charge in [-0.25, -0.2) is 9.97 Å². The molecule has 2 nitrogen and oxygen atoms in total. The fourth-order valence-electron chi connectivity index (χ4n) is 1.43. The predicted octanol–water partition coefficient (Wildman–Crippen LogP) is 4.08. The Hall–Kier alpha value is -0.930. The summed E-state index contributed by atoms with van der Waals surface area (Å²) in [5.41, 5.74) is 1.99. The molecule has 0 amide bonds. The zero-order valence-electron chi connectivity index (χ0n) is 8.53. The average Bonchev–Trinajstić information content (AvgIpc) is 2.30. The van der Waals surface area contributed by atoms with E-state index in [9.17, 15) is 0 Å². The van der Waals surface area contributed by atoms with Gasteiger partial charge in [0.2, 0.25) is 0 Å². The molecule has 16 heavy (non-hydrogen) atoms. The van der Waals surface area contributed by atoms with Gasteiger partial charge in [-0.15, -0.1) is 0 Å². The highest BCUT2D eigenvalue weighted by Gasteiger charge is 2.00. The summed E-state index contributed by atoms with van der Waals surface area (Å²) in [4.78, 5) is 8.12. The van der Waals surface area contributed by atoms with Crippen molar-refractivity contribution < 1.29 is 0 Å². The molecule has 0 fully saturated rings. The summed E-state index contributed by atoms with van der Waals surface area (Å²) in [6.07, 6.45) is 6.68. The fourth-order valence-corrected chi connectivity index (χ4v) is 1.89. The molecule has 82 valence electrons. The van der Waals surface area contributed by atoms with Crippen molar-refractivity contribution in [2.24, 2.45) is 0 Å². The molecule has 1 heterocycles. The number of hydrogen-bond acceptors (Lipinski definition) is 2. The predicted molar refractivity (Wildman–Crippen MR) is 72.0 cm³/mol. The summed E-state index contributed by atoms with van der Waals surface area (Å²) in [7, 11) is 0. The summed E-state index contributed by atoms with van der Waals surface area (Å²) < 4.78 is 0. The van der Waals surface area contributed by atoms with Gasteiger partial charge < -0.3 is 0 Å². The van der Waals surface area contributed by atoms with E-state index in [2.05, 4.69) is 38.0 Å². The molecule has 4 heteroatoms. The third-order valence-corrected chi connectivity index (χ3v) is 2.96. The van der Waals surface area contributed by atoms with Crippen LogP contribution in [0.15, 0.2) is 30.6 Å². The molecule has 0 aliphatic heterocycles. The largest absolute Gasteiger partial charge is 0.236 e. The SMILES string of the molecule is Clc1ncnc2ccc(C=CCCBr)cc12. The minimum Gasteiger partial charge on any atom is -0.236 e. The van der Waals surface area contributed by atoms with E-state index < -0.39 is 0 Å². The smallest absolute Gasteiger partial charge is 0.140 e. The summed E-state index contributed by atoms with van der Waals surface area (Å²) in [6, 6.07) is 5.98. The standard InChI is InChI=1S/C12H10BrClN2/c13-6-2-1-3-9-4-5-11-10(7-9)12(14)16-8-15-11/h1,3-5,7-8H,2,6H2. The van der Waals surface area contributed by atoms with Gasteiger partial charge in [0.25, 0.3) is 0 Å². The molecule has 0 radical (unpaired) electrons. The Morgan fingerprint density at radius 3 is 3.00 bits per heavy atom. The molecule has 0 bridgehead atoms. The third kappa shape index (κ3) is 2.60. The Bertz CT molecular complexity index is 525. The maximum absolute atomic E-state index is 6.01. The Morgan fingerprint density at radius 1 is 1.31 bits per heavy atom. The average molecular weight is 298 g/mol. The van der Waals surface area contributed by atoms with Crippen LogP contribution in [0.25, 0.3) is 17.0 Å². The third-order valence-electron chi connectivity index (χ3n) is 2.20. The Labute approximate surface area is 107 Å². The lowest BCUT2D eigenvalue weighted by atomic mass is 10.1. The first kappa shape index (κ1) is 11.6. The van der Waals surface area contributed by atoms with Crippen LogP contribution in [0.4, 0.5) is 0 Å². The number of benzene rings is 1. The fraction of sp³-hybridized carbons (Fsp3) is 0.167. The van der Waals surface area contributed by atoms with Crippen molar-refractivity contribution in [2.45, 2.75) is 6.42 Å². The van der Waals surface area contributed by atoms with Crippen LogP contribution >= 0.6 is 27.5 Å². The van der Waals surface area contributed by atoms with Gasteiger partial charge in [-0.2, -0.15) is 0 Å². The van der Waals surface area contributed by atoms with Gasteiger partial charge in [-0.3, -0.25) is 0 Å². The summed E-state index contributed by atoms with van der Waals surface area (Å²) in [5.74, 6) is 0. The van der Waals surface area contributed by atoms with Gasteiger partial charge in [-0.1, -0.05) is 45.7 Å². The molecule has 0 saturated heterocycles. The minimum atomic E-state index is 0.501. The number of halogens is 2. The van der Waals surface area contributed by atoms with Crippen molar-refractivity contribution in [1.29, 1.82) is 0 Å². The first-order valence-corrected chi connectivity index (χ1v) is 6.44. The number of aromatic nitrogens is 2. The molecule has 0 aliphatic rings. The van der Waals surface area contributed by atoms with Crippen molar-refractivity contribution in [3.05, 3.63) is 41.3 Å². The first-order valence-electron chi connectivity index (χ1n) is 4.94. The highest BCUT2D eigenvalue weighted by atomic mass is 79.9. The Morgan fingerprint density at radius 2 is 2.19 bits per heavy atom. The Balaban J connectivity index is 2.39. The van der Waals surface area contributed by atoms with E-state index in [-0.39, 0.29) is 0 Å². The molecule has 0 saturated carbocycles. The van der Waals surface area contributed by atoms with Crippen molar-refractivity contribution in [3.8, 4) is 0 Å². The number of nitrogens with zero attached hydrogens (tertiary/aromatic N) is 2. The van der Waals surface area contributed by atoms with E-state index in [0.29, 0.717) is 5.15 Å². The van der Waals surface area contributed by atoms with Gasteiger partial charge in [0.1, 0.15) is 11.5 Å². The molecule has 1 aromatic carbocycles. The zero-order valence-corrected chi connectivity index (χ0v) is 10.9. The van der Waals surface area contributed by atoms with Crippen LogP contribution in [0.1, 0.15) is 12.0 Å². The van der Waals surface area contributed by atoms with Gasteiger partial charge in [0.15, 0.2) is 0 Å². The first-order chi connectivity index (χ1) is 7.81. The van der Waals surface area contributed by atoms with Crippen LogP contribution in [0.3, 0.4) is 0 Å². The minimum absolute atomic E-state index is 0.501. The maximum atomic E-state index is 6.01. The molecule has 2 rings (SSSR count). The molecule has 0 unspecified atom stereocenters. The maximum Gasteiger partial charge on any atom is 0.140 e. The van der Waals surface area contributed by atoms with Crippen molar-refractivity contribution in [2.75, 3.05) is 5.33 Å². The van der Waals surface area contributed by atoms with Crippen molar-refractivity contribution >= 4 is 44.5 Å². The quantitative estimate of drug-likeness (QED) is 0.630. The second kappa shape index (κ2) is 5.41. The van der Waals surface area contributed by atoms with Crippen LogP contribution in [0.5, 0.6) is 0 Å². The van der Waals surface area contributed by atoms with Crippen molar-refractivity contribution in [3.63, 3.8) is 0 Å². The molecule has 0 aliphatic carbocycles. The highest BCUT2D eigenvalue weighted by molar-refractivity contribution is 9.09. The lowest BCUT2D eigenvalue weighted by Crippen LogP contribution is -1.84. The number of allylic oxidation sites excluding steroid dienone is 1. The van der Waals surface area contributed by atoms with Crippen LogP contribution < -0.4 is 0 Å². The van der Waals surface area contributed by atoms with Crippen molar-refractivity contribution in [1.82, 2.24) is 9.97 Å². The highest BCUT2D eigenvalue weighted by Crippen LogP contribution is 2.21. The molecular formula is C12H10BrClN2. The lowest BCUT2D eigenvalue weighted by Gasteiger charge is -2.00. The summed E-state index contributed by atoms with van der Waals surface area (Å²) >= 11 is 9.39. The molecule has 0 N–H and O–H groups in total. The molecule has 0 atom stereocenters. The van der Waals surface area contributed by atoms with E-state index in [1.165, 1.54) is 6.33 Å². The van der Waals surface area contributed by atoms with E-state index in [1.54, 1.807) is 0 Å². The van der Waals surface area contributed by atoms with Gasteiger partial charge in [-0.05, 0) is 24.1 Å². The molecule has 2 aromatic rings. The van der Waals surface area contributed by atoms with Gasteiger partial charge >= 0.3 is 0 Å². The second-order valence-electron chi connectivity index (χ2n) is 3.32. The summed E-state index contributed by atoms with van der Waals surface area (Å²) in [5, 5.41) is 2.37. The molecular weight excluding hydrogens is 288 g/mol. The van der Waals surface area contributed by atoms with Crippen LogP contribution in [0.2, 0.25) is 5.15 Å².